The number of nitrogens with one attached hydrogen (secondary N) is 2. The number of nitrogens with zero attached hydrogens (tertiary/aromatic N) is 3. The maximum absolute atomic E-state index is 13.1. The molecule has 0 aliphatic heterocycles. The Hall–Kier alpha value is -3.17. The minimum Gasteiger partial charge on any atom is -0.454 e. The van der Waals surface area contributed by atoms with Crippen LogP contribution in [0, 0.1) is 12.8 Å². The van der Waals surface area contributed by atoms with Gasteiger partial charge in [0.1, 0.15) is 29.9 Å². The van der Waals surface area contributed by atoms with E-state index in [2.05, 4.69) is 25.6 Å². The fourth-order valence-corrected chi connectivity index (χ4v) is 4.08. The van der Waals surface area contributed by atoms with Gasteiger partial charge in [-0.1, -0.05) is 0 Å². The van der Waals surface area contributed by atoms with Gasteiger partial charge in [0.05, 0.1) is 29.6 Å². The van der Waals surface area contributed by atoms with E-state index >= 15 is 0 Å². The number of aryl methyl sites for hydroxylation is 1. The minimum atomic E-state index is -4.69. The molecule has 196 valence electrons. The van der Waals surface area contributed by atoms with Crippen LogP contribution in [0.4, 0.5) is 38.1 Å². The van der Waals surface area contributed by atoms with Gasteiger partial charge in [-0.15, -0.1) is 0 Å². The van der Waals surface area contributed by atoms with Gasteiger partial charge in [-0.25, -0.2) is 9.97 Å². The van der Waals surface area contributed by atoms with Gasteiger partial charge in [-0.3, -0.25) is 0 Å². The molecule has 0 amide bonds. The quantitative estimate of drug-likeness (QED) is 0.310. The molecule has 15 heteroatoms. The highest BCUT2D eigenvalue weighted by molar-refractivity contribution is 5.86. The Kier molecular flexibility index (Phi) is 6.74. The van der Waals surface area contributed by atoms with Crippen LogP contribution in [0.5, 0.6) is 0 Å². The summed E-state index contributed by atoms with van der Waals surface area (Å²) < 4.78 is 82.9. The topological polar surface area (TPSA) is 137 Å². The first kappa shape index (κ1) is 25.9. The number of furan rings is 1. The predicted molar refractivity (Wildman–Crippen MR) is 114 cm³/mol. The maximum atomic E-state index is 13.1. The van der Waals surface area contributed by atoms with E-state index in [4.69, 9.17) is 4.42 Å². The van der Waals surface area contributed by atoms with Gasteiger partial charge in [0.15, 0.2) is 5.58 Å². The molecule has 3 aromatic heterocycles. The Morgan fingerprint density at radius 3 is 2.42 bits per heavy atom. The second kappa shape index (κ2) is 9.37. The molecule has 9 nitrogen and oxygen atoms in total. The average molecular weight is 521 g/mol. The van der Waals surface area contributed by atoms with E-state index in [1.807, 2.05) is 0 Å². The zero-order chi connectivity index (χ0) is 26.4. The zero-order valence-corrected chi connectivity index (χ0v) is 18.5. The van der Waals surface area contributed by atoms with E-state index in [0.29, 0.717) is 0 Å². The number of alkyl halides is 6. The number of anilines is 2. The van der Waals surface area contributed by atoms with Crippen molar-refractivity contribution in [3.05, 3.63) is 29.7 Å². The number of hydrogen-bond donors (Lipinski definition) is 5. The lowest BCUT2D eigenvalue weighted by Crippen LogP contribution is -2.36. The highest BCUT2D eigenvalue weighted by Gasteiger charge is 2.42. The summed E-state index contributed by atoms with van der Waals surface area (Å²) in [5, 5.41) is 34.9. The van der Waals surface area contributed by atoms with Gasteiger partial charge in [-0.05, 0) is 25.5 Å². The van der Waals surface area contributed by atoms with Crippen LogP contribution in [0.15, 0.2) is 22.7 Å². The fourth-order valence-electron chi connectivity index (χ4n) is 4.08. The van der Waals surface area contributed by atoms with Crippen molar-refractivity contribution in [1.82, 2.24) is 15.0 Å². The summed E-state index contributed by atoms with van der Waals surface area (Å²) in [6.07, 6.45) is -10.9. The second-order valence-electron chi connectivity index (χ2n) is 8.45. The number of fused-ring (bicyclic) bond motifs is 1. The molecule has 0 aromatic carbocycles. The third-order valence-electron chi connectivity index (χ3n) is 5.84. The molecule has 3 heterocycles. The van der Waals surface area contributed by atoms with Crippen LogP contribution in [-0.4, -0.2) is 67.8 Å². The van der Waals surface area contributed by atoms with E-state index in [1.165, 1.54) is 13.0 Å². The van der Waals surface area contributed by atoms with E-state index < -0.39 is 61.3 Å². The molecule has 3 aromatic rings. The summed E-state index contributed by atoms with van der Waals surface area (Å²) >= 11 is 0. The maximum Gasteiger partial charge on any atom is 0.433 e. The molecule has 0 radical (unpaired) electrons. The Bertz CT molecular complexity index is 1250. The third-order valence-corrected chi connectivity index (χ3v) is 5.84. The lowest BCUT2D eigenvalue weighted by atomic mass is 10.1. The second-order valence-corrected chi connectivity index (χ2v) is 8.45. The summed E-state index contributed by atoms with van der Waals surface area (Å²) in [6.45, 7) is -0.411. The summed E-state index contributed by atoms with van der Waals surface area (Å²) in [6, 6.07) is 1.21. The van der Waals surface area contributed by atoms with Crippen molar-refractivity contribution >= 4 is 22.7 Å². The van der Waals surface area contributed by atoms with Crippen LogP contribution in [0.2, 0.25) is 0 Å². The van der Waals surface area contributed by atoms with E-state index in [1.54, 1.807) is 0 Å². The number of rotatable bonds is 6. The smallest absolute Gasteiger partial charge is 0.433 e. The molecular formula is C21H21F6N5O4. The third kappa shape index (κ3) is 5.32. The van der Waals surface area contributed by atoms with Crippen molar-refractivity contribution in [3.63, 3.8) is 0 Å². The van der Waals surface area contributed by atoms with Gasteiger partial charge in [0, 0.05) is 17.9 Å². The molecule has 0 spiro atoms. The number of halogens is 6. The summed E-state index contributed by atoms with van der Waals surface area (Å²) in [4.78, 5) is 11.4. The van der Waals surface area contributed by atoms with Crippen molar-refractivity contribution in [2.75, 3.05) is 23.8 Å². The molecular weight excluding hydrogens is 500 g/mol. The Morgan fingerprint density at radius 1 is 1.08 bits per heavy atom. The Balaban J connectivity index is 1.77. The van der Waals surface area contributed by atoms with Gasteiger partial charge >= 0.3 is 12.4 Å². The monoisotopic (exact) mass is 521 g/mol. The summed E-state index contributed by atoms with van der Waals surface area (Å²) in [7, 11) is 0. The molecule has 5 N–H and O–H groups in total. The van der Waals surface area contributed by atoms with Crippen molar-refractivity contribution in [1.29, 1.82) is 0 Å². The standard InChI is InChI=1S/C21H21F6N5O4/c1-8-15(12-3-9-4-14(21(25,26)27)28-5-13(9)36-12)18(32-19(30-8)29-7-20(22,23)24)31-11-2-10(6-33)16(34)17(11)35/h3-5,10-11,16-17,33-35H,2,6-7H2,1H3,(H2,29,30,31,32)/t10-,11-,16-,17+/m1/s1. The lowest BCUT2D eigenvalue weighted by Gasteiger charge is -2.21. The highest BCUT2D eigenvalue weighted by atomic mass is 19.4. The Morgan fingerprint density at radius 2 is 1.81 bits per heavy atom. The molecule has 0 bridgehead atoms. The van der Waals surface area contributed by atoms with Crippen LogP contribution in [0.1, 0.15) is 17.8 Å². The lowest BCUT2D eigenvalue weighted by molar-refractivity contribution is -0.141. The molecule has 0 unspecified atom stereocenters. The van der Waals surface area contributed by atoms with Gasteiger partial charge in [0.2, 0.25) is 5.95 Å². The first-order valence-corrected chi connectivity index (χ1v) is 10.7. The normalized spacial score (nSPS) is 22.8. The van der Waals surface area contributed by atoms with Crippen molar-refractivity contribution in [3.8, 4) is 11.3 Å². The van der Waals surface area contributed by atoms with E-state index in [0.717, 1.165) is 12.3 Å². The molecule has 1 aliphatic carbocycles. The van der Waals surface area contributed by atoms with Crippen LogP contribution in [0.3, 0.4) is 0 Å². The SMILES string of the molecule is Cc1nc(NCC(F)(F)F)nc(N[C@@H]2C[C@H](CO)[C@@H](O)[C@H]2O)c1-c1cc2cc(C(F)(F)F)ncc2o1. The van der Waals surface area contributed by atoms with Crippen LogP contribution in [-0.2, 0) is 6.18 Å². The molecule has 4 rings (SSSR count). The highest BCUT2D eigenvalue weighted by Crippen LogP contribution is 2.38. The summed E-state index contributed by atoms with van der Waals surface area (Å²) in [5.74, 6) is -1.16. The molecule has 4 atom stereocenters. The van der Waals surface area contributed by atoms with Crippen LogP contribution in [0.25, 0.3) is 22.3 Å². The number of aromatic nitrogens is 3. The fraction of sp³-hybridized carbons (Fsp3) is 0.476. The average Bonchev–Trinajstić information content (AvgIpc) is 3.31. The van der Waals surface area contributed by atoms with Crippen LogP contribution >= 0.6 is 0 Å². The number of aliphatic hydroxyl groups is 3. The van der Waals surface area contributed by atoms with Crippen molar-refractivity contribution in [2.45, 2.75) is 43.9 Å². The number of pyridine rings is 1. The summed E-state index contributed by atoms with van der Waals surface area (Å²) in [5.41, 5.74) is -0.892. The van der Waals surface area contributed by atoms with Crippen molar-refractivity contribution < 1.29 is 46.1 Å². The first-order valence-electron chi connectivity index (χ1n) is 10.7. The zero-order valence-electron chi connectivity index (χ0n) is 18.5. The number of aliphatic hydroxyl groups excluding tert-OH is 3. The van der Waals surface area contributed by atoms with Crippen molar-refractivity contribution in [2.24, 2.45) is 5.92 Å². The molecule has 1 aliphatic rings. The van der Waals surface area contributed by atoms with Crippen LogP contribution < -0.4 is 10.6 Å². The van der Waals surface area contributed by atoms with Gasteiger partial charge in [-0.2, -0.15) is 31.3 Å². The predicted octanol–water partition coefficient (Wildman–Crippen LogP) is 3.10. The molecule has 0 saturated heterocycles. The first-order chi connectivity index (χ1) is 16.8. The number of hydrogen-bond acceptors (Lipinski definition) is 9. The van der Waals surface area contributed by atoms with E-state index in [-0.39, 0.29) is 40.2 Å². The molecule has 36 heavy (non-hydrogen) atoms. The van der Waals surface area contributed by atoms with Gasteiger partial charge < -0.3 is 30.4 Å². The molecule has 1 fully saturated rings. The minimum absolute atomic E-state index is 0.000222. The van der Waals surface area contributed by atoms with Gasteiger partial charge in [0.25, 0.3) is 0 Å². The van der Waals surface area contributed by atoms with E-state index in [9.17, 15) is 41.7 Å². The largest absolute Gasteiger partial charge is 0.454 e. The molecule has 1 saturated carbocycles. The Labute approximate surface area is 199 Å².